The molecule has 0 spiro atoms. The average Bonchev–Trinajstić information content (AvgIpc) is 2.29. The molecule has 0 aromatic rings. The lowest BCUT2D eigenvalue weighted by atomic mass is 9.73. The molecular formula is C15H32N2O. The Balaban J connectivity index is 2.48. The molecule has 1 atom stereocenters. The van der Waals surface area contributed by atoms with Crippen molar-refractivity contribution in [2.24, 2.45) is 5.41 Å². The number of nitrogens with one attached hydrogen (secondary N) is 1. The van der Waals surface area contributed by atoms with E-state index in [4.69, 9.17) is 0 Å². The summed E-state index contributed by atoms with van der Waals surface area (Å²) >= 11 is 0. The van der Waals surface area contributed by atoms with E-state index in [0.29, 0.717) is 5.41 Å². The van der Waals surface area contributed by atoms with Crippen LogP contribution in [0.3, 0.4) is 0 Å². The zero-order valence-electron chi connectivity index (χ0n) is 12.5. The predicted octanol–water partition coefficient (Wildman–Crippen LogP) is 2.25. The molecule has 0 radical (unpaired) electrons. The lowest BCUT2D eigenvalue weighted by Crippen LogP contribution is -2.45. The van der Waals surface area contributed by atoms with Crippen LogP contribution in [-0.2, 0) is 0 Å². The topological polar surface area (TPSA) is 35.5 Å². The van der Waals surface area contributed by atoms with Gasteiger partial charge in [0.2, 0.25) is 0 Å². The van der Waals surface area contributed by atoms with E-state index in [0.717, 1.165) is 26.2 Å². The Morgan fingerprint density at radius 3 is 2.50 bits per heavy atom. The van der Waals surface area contributed by atoms with E-state index in [9.17, 15) is 5.11 Å². The second kappa shape index (κ2) is 8.13. The molecule has 0 aromatic heterocycles. The molecular weight excluding hydrogens is 224 g/mol. The van der Waals surface area contributed by atoms with E-state index in [-0.39, 0.29) is 6.10 Å². The molecule has 0 bridgehead atoms. The highest BCUT2D eigenvalue weighted by molar-refractivity contribution is 4.87. The van der Waals surface area contributed by atoms with Gasteiger partial charge in [0.25, 0.3) is 0 Å². The van der Waals surface area contributed by atoms with Crippen LogP contribution in [0.4, 0.5) is 0 Å². The van der Waals surface area contributed by atoms with Gasteiger partial charge in [0.05, 0.1) is 6.10 Å². The van der Waals surface area contributed by atoms with Crippen molar-refractivity contribution in [2.75, 3.05) is 33.2 Å². The summed E-state index contributed by atoms with van der Waals surface area (Å²) in [5, 5.41) is 13.1. The van der Waals surface area contributed by atoms with Crippen LogP contribution in [0.25, 0.3) is 0 Å². The summed E-state index contributed by atoms with van der Waals surface area (Å²) in [6.07, 6.45) is 7.81. The van der Waals surface area contributed by atoms with Gasteiger partial charge in [-0.1, -0.05) is 26.2 Å². The maximum Gasteiger partial charge on any atom is 0.0638 e. The zero-order valence-corrected chi connectivity index (χ0v) is 12.5. The zero-order chi connectivity index (χ0) is 13.4. The molecule has 1 aliphatic rings. The van der Waals surface area contributed by atoms with Crippen LogP contribution < -0.4 is 5.32 Å². The minimum Gasteiger partial charge on any atom is -0.392 e. The largest absolute Gasteiger partial charge is 0.392 e. The number of nitrogens with zero attached hydrogens (tertiary/aromatic N) is 1. The summed E-state index contributed by atoms with van der Waals surface area (Å²) in [4.78, 5) is 2.31. The van der Waals surface area contributed by atoms with Crippen molar-refractivity contribution in [1.82, 2.24) is 10.2 Å². The SMILES string of the molecule is CCCNCC1(CN(C)CC(C)O)CCCCC1. The molecule has 0 amide bonds. The van der Waals surface area contributed by atoms with E-state index < -0.39 is 0 Å². The van der Waals surface area contributed by atoms with Crippen molar-refractivity contribution < 1.29 is 5.11 Å². The molecule has 1 fully saturated rings. The number of likely N-dealkylation sites (N-methyl/N-ethyl adjacent to an activating group) is 1. The van der Waals surface area contributed by atoms with Gasteiger partial charge >= 0.3 is 0 Å². The summed E-state index contributed by atoms with van der Waals surface area (Å²) in [7, 11) is 2.14. The highest BCUT2D eigenvalue weighted by atomic mass is 16.3. The molecule has 2 N–H and O–H groups in total. The third kappa shape index (κ3) is 5.68. The monoisotopic (exact) mass is 256 g/mol. The molecule has 1 aliphatic carbocycles. The smallest absolute Gasteiger partial charge is 0.0638 e. The van der Waals surface area contributed by atoms with Crippen LogP contribution in [0.15, 0.2) is 0 Å². The molecule has 1 saturated carbocycles. The first-order valence-electron chi connectivity index (χ1n) is 7.65. The molecule has 3 heteroatoms. The maximum atomic E-state index is 9.49. The van der Waals surface area contributed by atoms with E-state index in [2.05, 4.69) is 24.2 Å². The van der Waals surface area contributed by atoms with Gasteiger partial charge in [-0.2, -0.15) is 0 Å². The van der Waals surface area contributed by atoms with Crippen LogP contribution in [0.1, 0.15) is 52.4 Å². The molecule has 1 rings (SSSR count). The van der Waals surface area contributed by atoms with Crippen molar-refractivity contribution in [2.45, 2.75) is 58.5 Å². The summed E-state index contributed by atoms with van der Waals surface area (Å²) in [6, 6.07) is 0. The van der Waals surface area contributed by atoms with E-state index in [1.807, 2.05) is 6.92 Å². The van der Waals surface area contributed by atoms with Crippen molar-refractivity contribution >= 4 is 0 Å². The quantitative estimate of drug-likeness (QED) is 0.654. The first-order valence-corrected chi connectivity index (χ1v) is 7.65. The molecule has 18 heavy (non-hydrogen) atoms. The number of rotatable bonds is 8. The third-order valence-electron chi connectivity index (χ3n) is 4.02. The highest BCUT2D eigenvalue weighted by Gasteiger charge is 2.32. The minimum absolute atomic E-state index is 0.223. The Hall–Kier alpha value is -0.120. The highest BCUT2D eigenvalue weighted by Crippen LogP contribution is 2.36. The lowest BCUT2D eigenvalue weighted by Gasteiger charge is -2.40. The first kappa shape index (κ1) is 15.9. The minimum atomic E-state index is -0.223. The first-order chi connectivity index (χ1) is 8.58. The fraction of sp³-hybridized carbons (Fsp3) is 1.00. The van der Waals surface area contributed by atoms with Crippen molar-refractivity contribution in [3.05, 3.63) is 0 Å². The average molecular weight is 256 g/mol. The molecule has 0 aliphatic heterocycles. The third-order valence-corrected chi connectivity index (χ3v) is 4.02. The fourth-order valence-electron chi connectivity index (χ4n) is 3.31. The van der Waals surface area contributed by atoms with E-state index >= 15 is 0 Å². The van der Waals surface area contributed by atoms with Crippen LogP contribution in [0.2, 0.25) is 0 Å². The fourth-order valence-corrected chi connectivity index (χ4v) is 3.31. The Bertz CT molecular complexity index is 213. The van der Waals surface area contributed by atoms with Crippen molar-refractivity contribution in [1.29, 1.82) is 0 Å². The van der Waals surface area contributed by atoms with Gasteiger partial charge in [-0.25, -0.2) is 0 Å². The number of aliphatic hydroxyl groups is 1. The van der Waals surface area contributed by atoms with E-state index in [1.54, 1.807) is 0 Å². The summed E-state index contributed by atoms with van der Waals surface area (Å²) in [5.74, 6) is 0. The van der Waals surface area contributed by atoms with Crippen molar-refractivity contribution in [3.63, 3.8) is 0 Å². The Morgan fingerprint density at radius 2 is 1.94 bits per heavy atom. The van der Waals surface area contributed by atoms with Crippen LogP contribution >= 0.6 is 0 Å². The standard InChI is InChI=1S/C15H32N2O/c1-4-10-16-12-15(8-6-5-7-9-15)13-17(3)11-14(2)18/h14,16,18H,4-13H2,1-3H3. The summed E-state index contributed by atoms with van der Waals surface area (Å²) < 4.78 is 0. The van der Waals surface area contributed by atoms with Gasteiger partial charge in [-0.15, -0.1) is 0 Å². The Kier molecular flexibility index (Phi) is 7.20. The molecule has 0 heterocycles. The molecule has 108 valence electrons. The molecule has 0 saturated heterocycles. The van der Waals surface area contributed by atoms with Gasteiger partial charge < -0.3 is 15.3 Å². The number of aliphatic hydroxyl groups excluding tert-OH is 1. The second-order valence-electron chi connectivity index (χ2n) is 6.28. The lowest BCUT2D eigenvalue weighted by molar-refractivity contribution is 0.0813. The number of hydrogen-bond donors (Lipinski definition) is 2. The van der Waals surface area contributed by atoms with Gasteiger partial charge in [0, 0.05) is 19.6 Å². The van der Waals surface area contributed by atoms with Gasteiger partial charge in [-0.05, 0) is 45.2 Å². The van der Waals surface area contributed by atoms with Gasteiger partial charge in [0.15, 0.2) is 0 Å². The van der Waals surface area contributed by atoms with Crippen LogP contribution in [0.5, 0.6) is 0 Å². The van der Waals surface area contributed by atoms with Crippen LogP contribution in [-0.4, -0.2) is 49.3 Å². The van der Waals surface area contributed by atoms with E-state index in [1.165, 1.54) is 38.5 Å². The van der Waals surface area contributed by atoms with Crippen LogP contribution in [0, 0.1) is 5.41 Å². The molecule has 3 nitrogen and oxygen atoms in total. The second-order valence-corrected chi connectivity index (χ2v) is 6.28. The summed E-state index contributed by atoms with van der Waals surface area (Å²) in [6.45, 7) is 8.27. The molecule has 0 aromatic carbocycles. The number of hydrogen-bond acceptors (Lipinski definition) is 3. The molecule has 1 unspecified atom stereocenters. The van der Waals surface area contributed by atoms with Gasteiger partial charge in [-0.3, -0.25) is 0 Å². The predicted molar refractivity (Wildman–Crippen MR) is 77.9 cm³/mol. The summed E-state index contributed by atoms with van der Waals surface area (Å²) in [5.41, 5.74) is 0.442. The Labute approximate surface area is 113 Å². The van der Waals surface area contributed by atoms with Gasteiger partial charge in [0.1, 0.15) is 0 Å². The Morgan fingerprint density at radius 1 is 1.28 bits per heavy atom. The normalized spacial score (nSPS) is 21.2. The maximum absolute atomic E-state index is 9.49. The van der Waals surface area contributed by atoms with Crippen molar-refractivity contribution in [3.8, 4) is 0 Å².